The molecule has 2 fully saturated rings. The molecule has 0 unspecified atom stereocenters. The molecular weight excluding hydrogens is 610 g/mol. The number of carbonyl (C=O) groups excluding carboxylic acids is 2. The van der Waals surface area contributed by atoms with Crippen LogP contribution < -0.4 is 20.4 Å². The summed E-state index contributed by atoms with van der Waals surface area (Å²) in [7, 11) is 1.46. The van der Waals surface area contributed by atoms with Crippen LogP contribution in [0, 0.1) is 12.7 Å². The Labute approximate surface area is 265 Å². The van der Waals surface area contributed by atoms with E-state index in [1.807, 2.05) is 35.1 Å². The fourth-order valence-corrected chi connectivity index (χ4v) is 6.82. The molecule has 9 nitrogen and oxygen atoms in total. The zero-order chi connectivity index (χ0) is 31.9. The van der Waals surface area contributed by atoms with E-state index in [0.717, 1.165) is 18.4 Å². The van der Waals surface area contributed by atoms with Gasteiger partial charge in [0, 0.05) is 54.0 Å². The van der Waals surface area contributed by atoms with Gasteiger partial charge in [0.1, 0.15) is 11.3 Å². The maximum absolute atomic E-state index is 16.1. The quantitative estimate of drug-likeness (QED) is 0.307. The number of ether oxygens (including phenoxy) is 2. The lowest BCUT2D eigenvalue weighted by Gasteiger charge is -2.45. The Bertz CT molecular complexity index is 1640. The van der Waals surface area contributed by atoms with E-state index in [1.165, 1.54) is 13.2 Å². The molecule has 2 aromatic carbocycles. The molecule has 0 bridgehead atoms. The first-order chi connectivity index (χ1) is 20.9. The maximum Gasteiger partial charge on any atom is 0.320 e. The minimum absolute atomic E-state index is 0.0455. The van der Waals surface area contributed by atoms with Crippen molar-refractivity contribution in [3.05, 3.63) is 67.2 Å². The molecule has 1 saturated heterocycles. The maximum atomic E-state index is 16.1. The number of pyridine rings is 1. The number of hydrogen-bond acceptors (Lipinski definition) is 7. The SMILES string of the molecule is CCOC(=O)CN1[C@H](C)CN(c2c(F)cc3c(=O)c(C(=O)NCc4c(C)cc(Cl)cc4Cl)cn(C4CC4)c3c2OC)C[C@@H]1C. The molecule has 44 heavy (non-hydrogen) atoms. The van der Waals surface area contributed by atoms with Gasteiger partial charge in [-0.2, -0.15) is 0 Å². The summed E-state index contributed by atoms with van der Waals surface area (Å²) in [4.78, 5) is 43.3. The summed E-state index contributed by atoms with van der Waals surface area (Å²) in [5.41, 5.74) is 1.54. The standard InChI is InChI=1S/C32H37Cl2FN4O5/c1-6-44-27(40)16-38-18(3)13-37(14-19(38)4)29-26(35)11-22-28(31(29)43-5)39(21-7-8-21)15-24(30(22)41)32(42)36-12-23-17(2)9-20(33)10-25(23)34/h9-11,15,18-19,21H,6-8,12-14,16H2,1-5H3,(H,36,42)/t18-,19+. The third kappa shape index (κ3) is 6.25. The Balaban J connectivity index is 1.51. The van der Waals surface area contributed by atoms with Crippen LogP contribution in [0.3, 0.4) is 0 Å². The largest absolute Gasteiger partial charge is 0.492 e. The van der Waals surface area contributed by atoms with Gasteiger partial charge in [0.05, 0.1) is 31.2 Å². The van der Waals surface area contributed by atoms with Crippen LogP contribution in [0.5, 0.6) is 5.75 Å². The van der Waals surface area contributed by atoms with E-state index in [-0.39, 0.29) is 59.6 Å². The third-order valence-electron chi connectivity index (χ3n) is 8.43. The molecule has 1 aliphatic heterocycles. The number of hydrogen-bond donors (Lipinski definition) is 1. The minimum Gasteiger partial charge on any atom is -0.492 e. The Morgan fingerprint density at radius 2 is 1.80 bits per heavy atom. The van der Waals surface area contributed by atoms with E-state index in [2.05, 4.69) is 5.32 Å². The molecule has 2 heterocycles. The molecular formula is C32H37Cl2FN4O5. The van der Waals surface area contributed by atoms with Crippen LogP contribution in [0.25, 0.3) is 10.9 Å². The highest BCUT2D eigenvalue weighted by Gasteiger charge is 2.36. The first kappa shape index (κ1) is 32.1. The molecule has 2 aliphatic rings. The van der Waals surface area contributed by atoms with E-state index >= 15 is 4.39 Å². The van der Waals surface area contributed by atoms with Crippen molar-refractivity contribution in [2.45, 2.75) is 65.2 Å². The van der Waals surface area contributed by atoms with Crippen molar-refractivity contribution in [1.82, 2.24) is 14.8 Å². The smallest absolute Gasteiger partial charge is 0.320 e. The summed E-state index contributed by atoms with van der Waals surface area (Å²) in [5.74, 6) is -1.25. The number of nitrogens with one attached hydrogen (secondary N) is 1. The van der Waals surface area contributed by atoms with E-state index in [4.69, 9.17) is 32.7 Å². The first-order valence-corrected chi connectivity index (χ1v) is 15.5. The summed E-state index contributed by atoms with van der Waals surface area (Å²) >= 11 is 12.4. The number of esters is 1. The zero-order valence-electron chi connectivity index (χ0n) is 25.5. The van der Waals surface area contributed by atoms with Gasteiger partial charge < -0.3 is 24.3 Å². The van der Waals surface area contributed by atoms with Crippen LogP contribution in [0.4, 0.5) is 10.1 Å². The van der Waals surface area contributed by atoms with Crippen molar-refractivity contribution in [2.24, 2.45) is 0 Å². The lowest BCUT2D eigenvalue weighted by molar-refractivity contribution is -0.145. The molecule has 1 saturated carbocycles. The predicted molar refractivity (Wildman–Crippen MR) is 170 cm³/mol. The van der Waals surface area contributed by atoms with Gasteiger partial charge in [-0.1, -0.05) is 23.2 Å². The number of fused-ring (bicyclic) bond motifs is 1. The Hall–Kier alpha value is -3.34. The molecule has 0 radical (unpaired) electrons. The van der Waals surface area contributed by atoms with Crippen LogP contribution in [-0.4, -0.2) is 66.8 Å². The topological polar surface area (TPSA) is 93.1 Å². The van der Waals surface area contributed by atoms with Crippen molar-refractivity contribution in [1.29, 1.82) is 0 Å². The number of amides is 1. The second-order valence-electron chi connectivity index (χ2n) is 11.6. The number of piperazine rings is 1. The molecule has 2 atom stereocenters. The molecule has 0 spiro atoms. The second-order valence-corrected chi connectivity index (χ2v) is 12.4. The average Bonchev–Trinajstić information content (AvgIpc) is 3.80. The summed E-state index contributed by atoms with van der Waals surface area (Å²) in [6.45, 7) is 8.99. The van der Waals surface area contributed by atoms with Crippen LogP contribution >= 0.6 is 23.2 Å². The molecule has 5 rings (SSSR count). The van der Waals surface area contributed by atoms with Gasteiger partial charge in [0.15, 0.2) is 11.6 Å². The third-order valence-corrected chi connectivity index (χ3v) is 8.99. The van der Waals surface area contributed by atoms with Crippen molar-refractivity contribution in [3.8, 4) is 5.75 Å². The van der Waals surface area contributed by atoms with E-state index in [1.54, 1.807) is 25.3 Å². The normalized spacial score (nSPS) is 18.9. The molecule has 1 N–H and O–H groups in total. The van der Waals surface area contributed by atoms with Crippen molar-refractivity contribution in [2.75, 3.05) is 38.3 Å². The summed E-state index contributed by atoms with van der Waals surface area (Å²) < 4.78 is 28.9. The average molecular weight is 648 g/mol. The number of methoxy groups -OCH3 is 1. The molecule has 12 heteroatoms. The number of halogens is 3. The lowest BCUT2D eigenvalue weighted by atomic mass is 10.0. The van der Waals surface area contributed by atoms with Crippen LogP contribution in [-0.2, 0) is 16.1 Å². The summed E-state index contributed by atoms with van der Waals surface area (Å²) in [6, 6.07) is 4.44. The van der Waals surface area contributed by atoms with Crippen molar-refractivity contribution < 1.29 is 23.5 Å². The van der Waals surface area contributed by atoms with Gasteiger partial charge in [-0.15, -0.1) is 0 Å². The lowest BCUT2D eigenvalue weighted by Crippen LogP contribution is -2.58. The number of aryl methyl sites for hydroxylation is 1. The Morgan fingerprint density at radius 3 is 2.39 bits per heavy atom. The molecule has 1 aromatic heterocycles. The number of carbonyl (C=O) groups is 2. The van der Waals surface area contributed by atoms with Crippen LogP contribution in [0.15, 0.2) is 29.2 Å². The van der Waals surface area contributed by atoms with Gasteiger partial charge >= 0.3 is 5.97 Å². The summed E-state index contributed by atoms with van der Waals surface area (Å²) in [5, 5.41) is 3.77. The van der Waals surface area contributed by atoms with E-state index in [9.17, 15) is 14.4 Å². The van der Waals surface area contributed by atoms with E-state index in [0.29, 0.717) is 40.8 Å². The number of rotatable bonds is 9. The molecule has 3 aromatic rings. The van der Waals surface area contributed by atoms with E-state index < -0.39 is 17.2 Å². The molecule has 1 amide bonds. The Morgan fingerprint density at radius 1 is 1.11 bits per heavy atom. The summed E-state index contributed by atoms with van der Waals surface area (Å²) in [6.07, 6.45) is 3.27. The van der Waals surface area contributed by atoms with Crippen LogP contribution in [0.1, 0.15) is 61.1 Å². The van der Waals surface area contributed by atoms with Gasteiger partial charge in [-0.05, 0) is 69.9 Å². The number of benzene rings is 2. The highest BCUT2D eigenvalue weighted by molar-refractivity contribution is 6.35. The van der Waals surface area contributed by atoms with Crippen molar-refractivity contribution in [3.63, 3.8) is 0 Å². The molecule has 1 aliphatic carbocycles. The fourth-order valence-electron chi connectivity index (χ4n) is 6.16. The Kier molecular flexibility index (Phi) is 9.44. The number of nitrogens with zero attached hydrogens (tertiary/aromatic N) is 3. The number of aromatic nitrogens is 1. The van der Waals surface area contributed by atoms with Gasteiger partial charge in [0.25, 0.3) is 5.91 Å². The number of anilines is 1. The predicted octanol–water partition coefficient (Wildman–Crippen LogP) is 5.49. The minimum atomic E-state index is -0.617. The van der Waals surface area contributed by atoms with Gasteiger partial charge in [0.2, 0.25) is 5.43 Å². The second kappa shape index (κ2) is 12.9. The monoisotopic (exact) mass is 646 g/mol. The van der Waals surface area contributed by atoms with Crippen LogP contribution in [0.2, 0.25) is 10.0 Å². The molecule has 236 valence electrons. The highest BCUT2D eigenvalue weighted by atomic mass is 35.5. The first-order valence-electron chi connectivity index (χ1n) is 14.8. The van der Waals surface area contributed by atoms with Gasteiger partial charge in [-0.25, -0.2) is 4.39 Å². The van der Waals surface area contributed by atoms with Gasteiger partial charge in [-0.3, -0.25) is 19.3 Å². The van der Waals surface area contributed by atoms with Crippen molar-refractivity contribution >= 4 is 51.7 Å². The fraction of sp³-hybridized carbons (Fsp3) is 0.469. The zero-order valence-corrected chi connectivity index (χ0v) is 27.0. The highest BCUT2D eigenvalue weighted by Crippen LogP contribution is 2.44.